The van der Waals surface area contributed by atoms with Crippen molar-refractivity contribution in [2.45, 2.75) is 237 Å². The number of unbranched alkanes of at least 4 members (excludes halogenated alkanes) is 34. The van der Waals surface area contributed by atoms with Crippen molar-refractivity contribution >= 4 is 18.5 Å². The molecule has 0 fully saturated rings. The molecule has 3 nitrogen and oxygen atoms in total. The number of hydrogen-bond donors (Lipinski definition) is 3. The Morgan fingerprint density at radius 3 is 0.698 bits per heavy atom. The van der Waals surface area contributed by atoms with Crippen molar-refractivity contribution in [2.24, 2.45) is 5.73 Å². The summed E-state index contributed by atoms with van der Waals surface area (Å²) in [6.07, 6.45) is 48.7. The maximum Gasteiger partial charge on any atom is 0.246 e. The van der Waals surface area contributed by atoms with Crippen LogP contribution < -0.4 is 5.73 Å². The molecule has 0 radical (unpaired) electrons. The van der Waals surface area contributed by atoms with Crippen LogP contribution >= 0.6 is 12.6 Å². The van der Waals surface area contributed by atoms with Gasteiger partial charge in [-0.15, -0.1) is 0 Å². The van der Waals surface area contributed by atoms with Gasteiger partial charge < -0.3 is 10.8 Å². The number of hydrogen-bond acceptors (Lipinski definition) is 3. The molecule has 0 heterocycles. The second-order valence-corrected chi connectivity index (χ2v) is 14.3. The van der Waals surface area contributed by atoms with E-state index in [1.165, 1.54) is 212 Å². The van der Waals surface area contributed by atoms with Crippen molar-refractivity contribution in [1.82, 2.24) is 0 Å². The molecule has 0 aliphatic rings. The fourth-order valence-corrected chi connectivity index (χ4v) is 6.65. The number of aliphatic hydroxyl groups excluding tert-OH is 1. The van der Waals surface area contributed by atoms with Gasteiger partial charge in [0.2, 0.25) is 5.91 Å². The Labute approximate surface area is 276 Å². The summed E-state index contributed by atoms with van der Waals surface area (Å²) < 4.78 is 0. The van der Waals surface area contributed by atoms with Gasteiger partial charge in [0.1, 0.15) is 6.10 Å². The van der Waals surface area contributed by atoms with Crippen molar-refractivity contribution in [2.75, 3.05) is 5.75 Å². The van der Waals surface area contributed by atoms with Crippen molar-refractivity contribution in [1.29, 1.82) is 0 Å². The highest BCUT2D eigenvalue weighted by molar-refractivity contribution is 7.80. The maximum atomic E-state index is 10.8. The number of carbonyl (C=O) groups is 1. The molecular weight excluding hydrogens is 547 g/mol. The van der Waals surface area contributed by atoms with Gasteiger partial charge in [-0.1, -0.05) is 218 Å². The predicted octanol–water partition coefficient (Wildman–Crippen LogP) is 12.8. The Bertz CT molecular complexity index is 529. The molecule has 0 rings (SSSR count). The SMILES string of the molecule is NC(=O)C(O)CCCCCCCCCCCCCCCCCCCCCCCCCCCCCCCCCCCCCS. The number of aliphatic hydroxyl groups is 1. The lowest BCUT2D eigenvalue weighted by Crippen LogP contribution is -2.27. The summed E-state index contributed by atoms with van der Waals surface area (Å²) >= 11 is 4.29. The lowest BCUT2D eigenvalue weighted by atomic mass is 10.0. The third-order valence-electron chi connectivity index (χ3n) is 9.46. The van der Waals surface area contributed by atoms with Crippen molar-refractivity contribution < 1.29 is 9.90 Å². The average Bonchev–Trinajstić information content (AvgIpc) is 3.00. The second kappa shape index (κ2) is 38.0. The number of thiol groups is 1. The lowest BCUT2D eigenvalue weighted by Gasteiger charge is -2.06. The van der Waals surface area contributed by atoms with Gasteiger partial charge in [-0.2, -0.15) is 12.6 Å². The van der Waals surface area contributed by atoms with Gasteiger partial charge in [-0.05, 0) is 18.6 Å². The monoisotopic (exact) mass is 626 g/mol. The zero-order chi connectivity index (χ0) is 31.3. The Morgan fingerprint density at radius 2 is 0.535 bits per heavy atom. The summed E-state index contributed by atoms with van der Waals surface area (Å²) in [7, 11) is 0. The van der Waals surface area contributed by atoms with E-state index < -0.39 is 12.0 Å². The quantitative estimate of drug-likeness (QED) is 0.0472. The molecule has 43 heavy (non-hydrogen) atoms. The van der Waals surface area contributed by atoms with E-state index in [2.05, 4.69) is 12.6 Å². The van der Waals surface area contributed by atoms with Gasteiger partial charge in [0, 0.05) is 0 Å². The first-order valence-electron chi connectivity index (χ1n) is 19.8. The van der Waals surface area contributed by atoms with E-state index in [9.17, 15) is 9.90 Å². The first kappa shape index (κ1) is 42.8. The molecule has 0 saturated carbocycles. The fraction of sp³-hybridized carbons (Fsp3) is 0.974. The van der Waals surface area contributed by atoms with Crippen LogP contribution in [0, 0.1) is 0 Å². The molecule has 3 N–H and O–H groups in total. The second-order valence-electron chi connectivity index (χ2n) is 13.8. The van der Waals surface area contributed by atoms with Gasteiger partial charge in [-0.25, -0.2) is 0 Å². The first-order valence-corrected chi connectivity index (χ1v) is 20.4. The predicted molar refractivity (Wildman–Crippen MR) is 195 cm³/mol. The van der Waals surface area contributed by atoms with Gasteiger partial charge in [-0.3, -0.25) is 4.79 Å². The van der Waals surface area contributed by atoms with Crippen LogP contribution in [0.1, 0.15) is 231 Å². The molecule has 1 amide bonds. The smallest absolute Gasteiger partial charge is 0.246 e. The van der Waals surface area contributed by atoms with Gasteiger partial charge >= 0.3 is 0 Å². The summed E-state index contributed by atoms with van der Waals surface area (Å²) in [5.41, 5.74) is 5.07. The van der Waals surface area contributed by atoms with Crippen LogP contribution in [0.3, 0.4) is 0 Å². The standard InChI is InChI=1S/C39H79NO2S/c40-39(42)38(41)36-34-32-30-28-26-24-22-20-18-16-14-12-10-8-6-4-2-1-3-5-7-9-11-13-15-17-19-21-23-25-27-29-31-33-35-37-43/h38,41,43H,1-37H2,(H2,40,42). The van der Waals surface area contributed by atoms with Crippen LogP contribution in [0.25, 0.3) is 0 Å². The van der Waals surface area contributed by atoms with Crippen LogP contribution in [0.2, 0.25) is 0 Å². The van der Waals surface area contributed by atoms with Gasteiger partial charge in [0.15, 0.2) is 0 Å². The third kappa shape index (κ3) is 37.9. The highest BCUT2D eigenvalue weighted by Gasteiger charge is 2.09. The van der Waals surface area contributed by atoms with E-state index in [4.69, 9.17) is 5.73 Å². The molecule has 0 bridgehead atoms. The molecule has 0 aromatic carbocycles. The summed E-state index contributed by atoms with van der Waals surface area (Å²) in [6.45, 7) is 0. The Balaban J connectivity index is 3.06. The normalized spacial score (nSPS) is 12.2. The van der Waals surface area contributed by atoms with Crippen LogP contribution in [-0.2, 0) is 4.79 Å². The minimum absolute atomic E-state index is 0.522. The average molecular weight is 626 g/mol. The highest BCUT2D eigenvalue weighted by atomic mass is 32.1. The van der Waals surface area contributed by atoms with Crippen molar-refractivity contribution in [3.63, 3.8) is 0 Å². The van der Waals surface area contributed by atoms with Crippen molar-refractivity contribution in [3.8, 4) is 0 Å². The highest BCUT2D eigenvalue weighted by Crippen LogP contribution is 2.17. The molecular formula is C39H79NO2S. The molecule has 4 heteroatoms. The molecule has 1 unspecified atom stereocenters. The number of primary amides is 1. The number of nitrogens with two attached hydrogens (primary N) is 1. The zero-order valence-electron chi connectivity index (χ0n) is 29.1. The molecule has 0 spiro atoms. The topological polar surface area (TPSA) is 63.3 Å². The van der Waals surface area contributed by atoms with E-state index in [-0.39, 0.29) is 0 Å². The zero-order valence-corrected chi connectivity index (χ0v) is 30.0. The third-order valence-corrected chi connectivity index (χ3v) is 9.78. The molecule has 258 valence electrons. The Morgan fingerprint density at radius 1 is 0.372 bits per heavy atom. The van der Waals surface area contributed by atoms with Gasteiger partial charge in [0.05, 0.1) is 0 Å². The van der Waals surface area contributed by atoms with E-state index in [1.54, 1.807) is 0 Å². The van der Waals surface area contributed by atoms with E-state index in [0.29, 0.717) is 6.42 Å². The minimum atomic E-state index is -0.947. The summed E-state index contributed by atoms with van der Waals surface area (Å²) in [5, 5.41) is 9.38. The molecule has 0 aromatic rings. The van der Waals surface area contributed by atoms with E-state index in [0.717, 1.165) is 18.6 Å². The number of carbonyl (C=O) groups excluding carboxylic acids is 1. The fourth-order valence-electron chi connectivity index (χ4n) is 6.43. The molecule has 1 atom stereocenters. The van der Waals surface area contributed by atoms with Crippen LogP contribution in [-0.4, -0.2) is 22.9 Å². The largest absolute Gasteiger partial charge is 0.383 e. The first-order chi connectivity index (χ1) is 21.2. The Kier molecular flexibility index (Phi) is 37.8. The summed E-state index contributed by atoms with van der Waals surface area (Å²) in [6, 6.07) is 0. The maximum absolute atomic E-state index is 10.8. The molecule has 0 saturated heterocycles. The number of rotatable bonds is 38. The van der Waals surface area contributed by atoms with Crippen molar-refractivity contribution in [3.05, 3.63) is 0 Å². The Hall–Kier alpha value is -0.220. The van der Waals surface area contributed by atoms with Crippen LogP contribution in [0.15, 0.2) is 0 Å². The number of amides is 1. The van der Waals surface area contributed by atoms with Crippen LogP contribution in [0.5, 0.6) is 0 Å². The lowest BCUT2D eigenvalue weighted by molar-refractivity contribution is -0.126. The summed E-state index contributed by atoms with van der Waals surface area (Å²) in [4.78, 5) is 10.8. The van der Waals surface area contributed by atoms with E-state index >= 15 is 0 Å². The van der Waals surface area contributed by atoms with Crippen LogP contribution in [0.4, 0.5) is 0 Å². The molecule has 0 aromatic heterocycles. The minimum Gasteiger partial charge on any atom is -0.383 e. The summed E-state index contributed by atoms with van der Waals surface area (Å²) in [5.74, 6) is 0.474. The molecule has 0 aliphatic carbocycles. The molecule has 0 aliphatic heterocycles. The van der Waals surface area contributed by atoms with Gasteiger partial charge in [0.25, 0.3) is 0 Å². The van der Waals surface area contributed by atoms with E-state index in [1.807, 2.05) is 0 Å².